The molecule has 1 aliphatic heterocycles. The summed E-state index contributed by atoms with van der Waals surface area (Å²) in [5.41, 5.74) is 0. The van der Waals surface area contributed by atoms with Gasteiger partial charge in [-0.2, -0.15) is 31.3 Å². The van der Waals surface area contributed by atoms with Crippen LogP contribution in [0.4, 0.5) is 32.2 Å². The van der Waals surface area contributed by atoms with E-state index in [1.54, 1.807) is 11.0 Å². The van der Waals surface area contributed by atoms with Gasteiger partial charge in [0.15, 0.2) is 5.82 Å². The summed E-state index contributed by atoms with van der Waals surface area (Å²) in [4.78, 5) is 10.8. The maximum absolute atomic E-state index is 13.0. The number of aromatic nitrogens is 5. The SMILES string of the molecule is FC(F)(F)CCc1cc2c(N3CCn4c(nnc4C(F)(F)F)C3)nc(Cl)nc2s1. The van der Waals surface area contributed by atoms with E-state index < -0.39 is 24.6 Å². The van der Waals surface area contributed by atoms with Gasteiger partial charge in [-0.3, -0.25) is 0 Å². The number of halogens is 7. The van der Waals surface area contributed by atoms with E-state index in [4.69, 9.17) is 11.6 Å². The van der Waals surface area contributed by atoms with E-state index in [0.29, 0.717) is 20.9 Å². The Morgan fingerprint density at radius 2 is 1.83 bits per heavy atom. The Bertz CT molecular complexity index is 1060. The van der Waals surface area contributed by atoms with Crippen LogP contribution in [-0.4, -0.2) is 37.5 Å². The number of hydrogen-bond acceptors (Lipinski definition) is 6. The highest BCUT2D eigenvalue weighted by molar-refractivity contribution is 7.18. The molecule has 0 spiro atoms. The summed E-state index contributed by atoms with van der Waals surface area (Å²) in [7, 11) is 0. The van der Waals surface area contributed by atoms with Crippen molar-refractivity contribution in [3.8, 4) is 0 Å². The number of nitrogens with zero attached hydrogens (tertiary/aromatic N) is 6. The maximum atomic E-state index is 13.0. The summed E-state index contributed by atoms with van der Waals surface area (Å²) in [5.74, 6) is -0.612. The summed E-state index contributed by atoms with van der Waals surface area (Å²) in [5, 5.41) is 7.25. The lowest BCUT2D eigenvalue weighted by molar-refractivity contribution is -0.147. The van der Waals surface area contributed by atoms with Gasteiger partial charge in [-0.25, -0.2) is 4.98 Å². The first kappa shape index (κ1) is 20.1. The number of thiophene rings is 1. The minimum Gasteiger partial charge on any atom is -0.347 e. The van der Waals surface area contributed by atoms with Crippen molar-refractivity contribution in [3.63, 3.8) is 0 Å². The van der Waals surface area contributed by atoms with Crippen molar-refractivity contribution >= 4 is 39.0 Å². The molecule has 0 saturated carbocycles. The molecule has 29 heavy (non-hydrogen) atoms. The predicted octanol–water partition coefficient (Wildman–Crippen LogP) is 4.47. The van der Waals surface area contributed by atoms with E-state index in [-0.39, 0.29) is 37.2 Å². The van der Waals surface area contributed by atoms with Crippen molar-refractivity contribution in [2.75, 3.05) is 11.4 Å². The van der Waals surface area contributed by atoms with Gasteiger partial charge in [-0.1, -0.05) is 0 Å². The molecular weight excluding hydrogens is 446 g/mol. The molecule has 0 aromatic carbocycles. The minimum atomic E-state index is -4.61. The summed E-state index contributed by atoms with van der Waals surface area (Å²) in [6.07, 6.45) is -10.1. The monoisotopic (exact) mass is 456 g/mol. The van der Waals surface area contributed by atoms with Gasteiger partial charge < -0.3 is 9.47 Å². The van der Waals surface area contributed by atoms with Crippen LogP contribution >= 0.6 is 22.9 Å². The van der Waals surface area contributed by atoms with Gasteiger partial charge in [0.05, 0.1) is 11.9 Å². The third kappa shape index (κ3) is 4.10. The van der Waals surface area contributed by atoms with Gasteiger partial charge in [0, 0.05) is 24.4 Å². The molecule has 0 bridgehead atoms. The minimum absolute atomic E-state index is 0.000741. The van der Waals surface area contributed by atoms with Crippen LogP contribution in [0.5, 0.6) is 0 Å². The van der Waals surface area contributed by atoms with Gasteiger partial charge in [0.2, 0.25) is 11.1 Å². The Morgan fingerprint density at radius 1 is 1.07 bits per heavy atom. The standard InChI is InChI=1S/C15H11ClF6N6S/c16-13-23-10(8-5-7(29-11(8)24-13)1-2-14(17,18)19)27-3-4-28-9(6-27)25-26-12(28)15(20,21)22/h5H,1-4,6H2. The van der Waals surface area contributed by atoms with Crippen molar-refractivity contribution in [2.24, 2.45) is 0 Å². The molecular formula is C15H11ClF6N6S. The predicted molar refractivity (Wildman–Crippen MR) is 92.9 cm³/mol. The van der Waals surface area contributed by atoms with E-state index in [0.717, 1.165) is 15.9 Å². The molecule has 14 heteroatoms. The molecule has 6 nitrogen and oxygen atoms in total. The first-order valence-corrected chi connectivity index (χ1v) is 9.47. The van der Waals surface area contributed by atoms with Crippen molar-refractivity contribution in [1.29, 1.82) is 0 Å². The van der Waals surface area contributed by atoms with Crippen LogP contribution in [0.2, 0.25) is 5.28 Å². The molecule has 156 valence electrons. The number of aryl methyl sites for hydroxylation is 1. The largest absolute Gasteiger partial charge is 0.451 e. The second-order valence-electron chi connectivity index (χ2n) is 6.37. The molecule has 0 N–H and O–H groups in total. The van der Waals surface area contributed by atoms with Crippen LogP contribution in [-0.2, 0) is 25.7 Å². The highest BCUT2D eigenvalue weighted by Gasteiger charge is 2.39. The summed E-state index contributed by atoms with van der Waals surface area (Å²) >= 11 is 7.04. The fraction of sp³-hybridized carbons (Fsp3) is 0.467. The highest BCUT2D eigenvalue weighted by Crippen LogP contribution is 2.36. The quantitative estimate of drug-likeness (QED) is 0.430. The van der Waals surface area contributed by atoms with Crippen molar-refractivity contribution in [2.45, 2.75) is 38.3 Å². The zero-order valence-electron chi connectivity index (χ0n) is 14.4. The van der Waals surface area contributed by atoms with Crippen LogP contribution in [0.1, 0.15) is 22.9 Å². The zero-order chi connectivity index (χ0) is 21.0. The number of fused-ring (bicyclic) bond motifs is 2. The van der Waals surface area contributed by atoms with Crippen LogP contribution in [0.3, 0.4) is 0 Å². The van der Waals surface area contributed by atoms with Crippen molar-refractivity contribution < 1.29 is 26.3 Å². The molecule has 3 aromatic rings. The maximum Gasteiger partial charge on any atom is 0.451 e. The third-order valence-corrected chi connectivity index (χ3v) is 5.62. The molecule has 0 unspecified atom stereocenters. The average Bonchev–Trinajstić information content (AvgIpc) is 3.21. The van der Waals surface area contributed by atoms with E-state index in [9.17, 15) is 26.3 Å². The molecule has 4 heterocycles. The van der Waals surface area contributed by atoms with Crippen molar-refractivity contribution in [3.05, 3.63) is 27.9 Å². The molecule has 1 aliphatic rings. The van der Waals surface area contributed by atoms with Gasteiger partial charge in [0.25, 0.3) is 0 Å². The topological polar surface area (TPSA) is 59.7 Å². The summed E-state index contributed by atoms with van der Waals surface area (Å²) in [6.45, 7) is 0.148. The van der Waals surface area contributed by atoms with Gasteiger partial charge in [-0.15, -0.1) is 21.5 Å². The second-order valence-corrected chi connectivity index (χ2v) is 7.83. The van der Waals surface area contributed by atoms with Crippen molar-refractivity contribution in [1.82, 2.24) is 24.7 Å². The number of rotatable bonds is 3. The second kappa shape index (κ2) is 6.97. The van der Waals surface area contributed by atoms with Crippen LogP contribution < -0.4 is 4.90 Å². The van der Waals surface area contributed by atoms with Gasteiger partial charge >= 0.3 is 12.4 Å². The van der Waals surface area contributed by atoms with Crippen LogP contribution in [0.15, 0.2) is 6.07 Å². The normalized spacial score (nSPS) is 15.2. The van der Waals surface area contributed by atoms with Gasteiger partial charge in [0.1, 0.15) is 10.6 Å². The molecule has 0 atom stereocenters. The summed E-state index contributed by atoms with van der Waals surface area (Å²) < 4.78 is 77.5. The molecule has 0 aliphatic carbocycles. The van der Waals surface area contributed by atoms with Crippen LogP contribution in [0.25, 0.3) is 10.2 Å². The average molecular weight is 457 g/mol. The van der Waals surface area contributed by atoms with Gasteiger partial charge in [-0.05, 0) is 24.1 Å². The molecule has 3 aromatic heterocycles. The number of alkyl halides is 6. The molecule has 4 rings (SSSR count). The smallest absolute Gasteiger partial charge is 0.347 e. The molecule has 0 saturated heterocycles. The Labute approximate surface area is 168 Å². The Kier molecular flexibility index (Phi) is 4.84. The summed E-state index contributed by atoms with van der Waals surface area (Å²) in [6, 6.07) is 1.57. The Hall–Kier alpha value is -2.15. The Morgan fingerprint density at radius 3 is 2.52 bits per heavy atom. The van der Waals surface area contributed by atoms with E-state index in [1.165, 1.54) is 0 Å². The number of anilines is 1. The third-order valence-electron chi connectivity index (χ3n) is 4.36. The lowest BCUT2D eigenvalue weighted by atomic mass is 10.2. The molecule has 0 amide bonds. The van der Waals surface area contributed by atoms with Crippen LogP contribution in [0, 0.1) is 0 Å². The fourth-order valence-corrected chi connectivity index (χ4v) is 4.34. The first-order chi connectivity index (χ1) is 13.5. The van der Waals surface area contributed by atoms with E-state index in [1.807, 2.05) is 0 Å². The molecule has 0 radical (unpaired) electrons. The Balaban J connectivity index is 1.65. The fourth-order valence-electron chi connectivity index (χ4n) is 3.11. The highest BCUT2D eigenvalue weighted by atomic mass is 35.5. The lowest BCUT2D eigenvalue weighted by Gasteiger charge is -2.29. The zero-order valence-corrected chi connectivity index (χ0v) is 15.9. The first-order valence-electron chi connectivity index (χ1n) is 8.28. The van der Waals surface area contributed by atoms with E-state index in [2.05, 4.69) is 20.2 Å². The van der Waals surface area contributed by atoms with E-state index >= 15 is 0 Å². The molecule has 0 fully saturated rings. The number of hydrogen-bond donors (Lipinski definition) is 0. The lowest BCUT2D eigenvalue weighted by Crippen LogP contribution is -2.36.